The highest BCUT2D eigenvalue weighted by Crippen LogP contribution is 2.29. The number of aromatic nitrogens is 2. The fraction of sp³-hybridized carbons (Fsp3) is 0.200. The largest absolute Gasteiger partial charge is 0.292 e. The molecule has 3 nitrogen and oxygen atoms in total. The second kappa shape index (κ2) is 5.60. The summed E-state index contributed by atoms with van der Waals surface area (Å²) in [6.07, 6.45) is 2.98. The summed E-state index contributed by atoms with van der Waals surface area (Å²) < 4.78 is 1.77. The molecule has 0 amide bonds. The van der Waals surface area contributed by atoms with Crippen LogP contribution in [-0.2, 0) is 6.54 Å². The Labute approximate surface area is 145 Å². The third-order valence-electron chi connectivity index (χ3n) is 4.57. The van der Waals surface area contributed by atoms with Crippen molar-refractivity contribution < 1.29 is 0 Å². The highest BCUT2D eigenvalue weighted by Gasteiger charge is 2.21. The van der Waals surface area contributed by atoms with E-state index in [0.29, 0.717) is 22.5 Å². The first-order valence-electron chi connectivity index (χ1n) is 8.01. The molecule has 0 saturated carbocycles. The van der Waals surface area contributed by atoms with Crippen molar-refractivity contribution in [3.8, 4) is 0 Å². The van der Waals surface area contributed by atoms with Crippen LogP contribution in [0.1, 0.15) is 28.9 Å². The molecule has 1 aromatic heterocycles. The van der Waals surface area contributed by atoms with Gasteiger partial charge in [-0.3, -0.25) is 9.36 Å². The quantitative estimate of drug-likeness (QED) is 0.650. The predicted octanol–water partition coefficient (Wildman–Crippen LogP) is 4.61. The first-order valence-corrected chi connectivity index (χ1v) is 8.39. The molecule has 3 aromatic rings. The van der Waals surface area contributed by atoms with Crippen LogP contribution in [0.4, 0.5) is 0 Å². The standard InChI is InChI=1S/C20H17ClN2O/c1-12-3-4-13(2)15(9-12)10-14-7-8-23-19(14)22-18-11-16(21)5-6-17(18)20(23)24/h3-6,9-11H,7-8H2,1-2H3. The first kappa shape index (κ1) is 15.2. The monoisotopic (exact) mass is 336 g/mol. The lowest BCUT2D eigenvalue weighted by atomic mass is 10.0. The van der Waals surface area contributed by atoms with Crippen molar-refractivity contribution in [1.82, 2.24) is 9.55 Å². The Kier molecular flexibility index (Phi) is 3.54. The topological polar surface area (TPSA) is 34.9 Å². The molecule has 2 heterocycles. The minimum atomic E-state index is 0.0102. The maximum absolute atomic E-state index is 12.7. The zero-order chi connectivity index (χ0) is 16.8. The highest BCUT2D eigenvalue weighted by molar-refractivity contribution is 6.31. The van der Waals surface area contributed by atoms with E-state index in [0.717, 1.165) is 17.8 Å². The first-order chi connectivity index (χ1) is 11.5. The SMILES string of the molecule is Cc1ccc(C)c(C=C2CCn3c2nc2cc(Cl)ccc2c3=O)c1. The fourth-order valence-electron chi connectivity index (χ4n) is 3.23. The van der Waals surface area contributed by atoms with Gasteiger partial charge < -0.3 is 0 Å². The van der Waals surface area contributed by atoms with Crippen LogP contribution < -0.4 is 5.56 Å². The Morgan fingerprint density at radius 1 is 1.17 bits per heavy atom. The van der Waals surface area contributed by atoms with Gasteiger partial charge in [-0.05, 0) is 61.2 Å². The summed E-state index contributed by atoms with van der Waals surface area (Å²) in [6.45, 7) is 4.86. The molecular weight excluding hydrogens is 320 g/mol. The van der Waals surface area contributed by atoms with E-state index in [-0.39, 0.29) is 5.56 Å². The lowest BCUT2D eigenvalue weighted by Gasteiger charge is -2.07. The van der Waals surface area contributed by atoms with Crippen LogP contribution in [0.25, 0.3) is 22.6 Å². The van der Waals surface area contributed by atoms with Gasteiger partial charge in [-0.15, -0.1) is 0 Å². The van der Waals surface area contributed by atoms with Crippen molar-refractivity contribution in [2.75, 3.05) is 0 Å². The molecule has 120 valence electrons. The molecule has 1 aliphatic heterocycles. The van der Waals surface area contributed by atoms with Gasteiger partial charge in [0.1, 0.15) is 5.82 Å². The Morgan fingerprint density at radius 2 is 2.00 bits per heavy atom. The molecule has 0 bridgehead atoms. The van der Waals surface area contributed by atoms with Crippen LogP contribution in [0.2, 0.25) is 5.02 Å². The van der Waals surface area contributed by atoms with Gasteiger partial charge in [-0.25, -0.2) is 4.98 Å². The lowest BCUT2D eigenvalue weighted by Crippen LogP contribution is -2.20. The van der Waals surface area contributed by atoms with Crippen molar-refractivity contribution in [2.24, 2.45) is 0 Å². The molecule has 0 radical (unpaired) electrons. The molecule has 0 saturated heterocycles. The van der Waals surface area contributed by atoms with Crippen LogP contribution in [-0.4, -0.2) is 9.55 Å². The van der Waals surface area contributed by atoms with Gasteiger partial charge in [0.15, 0.2) is 0 Å². The Balaban J connectivity index is 1.93. The Hall–Kier alpha value is -2.39. The normalized spacial score (nSPS) is 15.2. The summed E-state index contributed by atoms with van der Waals surface area (Å²) in [7, 11) is 0. The van der Waals surface area contributed by atoms with Gasteiger partial charge in [-0.1, -0.05) is 35.4 Å². The van der Waals surface area contributed by atoms with Gasteiger partial charge in [0, 0.05) is 11.6 Å². The number of halogens is 1. The van der Waals surface area contributed by atoms with Gasteiger partial charge in [0.25, 0.3) is 5.56 Å². The maximum Gasteiger partial charge on any atom is 0.261 e. The average Bonchev–Trinajstić information content (AvgIpc) is 2.94. The van der Waals surface area contributed by atoms with E-state index in [4.69, 9.17) is 16.6 Å². The average molecular weight is 337 g/mol. The van der Waals surface area contributed by atoms with Gasteiger partial charge in [0.2, 0.25) is 0 Å². The Morgan fingerprint density at radius 3 is 2.83 bits per heavy atom. The summed E-state index contributed by atoms with van der Waals surface area (Å²) in [4.78, 5) is 17.4. The highest BCUT2D eigenvalue weighted by atomic mass is 35.5. The van der Waals surface area contributed by atoms with Gasteiger partial charge >= 0.3 is 0 Å². The smallest absolute Gasteiger partial charge is 0.261 e. The molecule has 0 atom stereocenters. The second-order valence-corrected chi connectivity index (χ2v) is 6.77. The molecule has 4 heteroatoms. The third kappa shape index (κ3) is 2.45. The molecule has 24 heavy (non-hydrogen) atoms. The summed E-state index contributed by atoms with van der Waals surface area (Å²) in [5.74, 6) is 0.760. The van der Waals surface area contributed by atoms with E-state index in [9.17, 15) is 4.79 Å². The molecule has 0 N–H and O–H groups in total. The fourth-order valence-corrected chi connectivity index (χ4v) is 3.40. The maximum atomic E-state index is 12.7. The van der Waals surface area contributed by atoms with E-state index >= 15 is 0 Å². The number of benzene rings is 2. The molecule has 4 rings (SSSR count). The number of fused-ring (bicyclic) bond motifs is 2. The van der Waals surface area contributed by atoms with Gasteiger partial charge in [0.05, 0.1) is 10.9 Å². The lowest BCUT2D eigenvalue weighted by molar-refractivity contribution is 0.725. The number of aryl methyl sites for hydroxylation is 2. The molecule has 2 aromatic carbocycles. The number of rotatable bonds is 1. The van der Waals surface area contributed by atoms with Crippen LogP contribution >= 0.6 is 11.6 Å². The van der Waals surface area contributed by atoms with E-state index in [1.807, 2.05) is 0 Å². The van der Waals surface area contributed by atoms with Crippen LogP contribution in [0.3, 0.4) is 0 Å². The molecule has 0 fully saturated rings. The van der Waals surface area contributed by atoms with Crippen LogP contribution in [0, 0.1) is 13.8 Å². The van der Waals surface area contributed by atoms with E-state index in [1.165, 1.54) is 16.7 Å². The van der Waals surface area contributed by atoms with Crippen LogP contribution in [0.15, 0.2) is 41.2 Å². The van der Waals surface area contributed by atoms with Crippen molar-refractivity contribution in [2.45, 2.75) is 26.8 Å². The molecule has 0 unspecified atom stereocenters. The van der Waals surface area contributed by atoms with Crippen molar-refractivity contribution in [1.29, 1.82) is 0 Å². The molecule has 0 aliphatic carbocycles. The number of hydrogen-bond donors (Lipinski definition) is 0. The van der Waals surface area contributed by atoms with Gasteiger partial charge in [-0.2, -0.15) is 0 Å². The van der Waals surface area contributed by atoms with Crippen molar-refractivity contribution >= 4 is 34.2 Å². The van der Waals surface area contributed by atoms with Crippen LogP contribution in [0.5, 0.6) is 0 Å². The Bertz CT molecular complexity index is 1060. The molecule has 0 spiro atoms. The predicted molar refractivity (Wildman–Crippen MR) is 99.4 cm³/mol. The number of allylic oxidation sites excluding steroid dienone is 1. The summed E-state index contributed by atoms with van der Waals surface area (Å²) in [5.41, 5.74) is 5.39. The van der Waals surface area contributed by atoms with E-state index in [1.54, 1.807) is 22.8 Å². The summed E-state index contributed by atoms with van der Waals surface area (Å²) in [5, 5.41) is 1.22. The molecular formula is C20H17ClN2O. The zero-order valence-electron chi connectivity index (χ0n) is 13.6. The number of nitrogens with zero attached hydrogens (tertiary/aromatic N) is 2. The van der Waals surface area contributed by atoms with Crippen molar-refractivity contribution in [3.63, 3.8) is 0 Å². The van der Waals surface area contributed by atoms with Crippen molar-refractivity contribution in [3.05, 3.63) is 74.3 Å². The minimum Gasteiger partial charge on any atom is -0.292 e. The third-order valence-corrected chi connectivity index (χ3v) is 4.81. The number of hydrogen-bond acceptors (Lipinski definition) is 2. The van der Waals surface area contributed by atoms with E-state index in [2.05, 4.69) is 38.1 Å². The van der Waals surface area contributed by atoms with E-state index < -0.39 is 0 Å². The summed E-state index contributed by atoms with van der Waals surface area (Å²) >= 11 is 6.06. The molecule has 1 aliphatic rings. The second-order valence-electron chi connectivity index (χ2n) is 6.33. The summed E-state index contributed by atoms with van der Waals surface area (Å²) in [6, 6.07) is 11.7. The zero-order valence-corrected chi connectivity index (χ0v) is 14.4. The minimum absolute atomic E-state index is 0.0102.